The minimum atomic E-state index is -0.981. The zero-order valence-electron chi connectivity index (χ0n) is 18.4. The summed E-state index contributed by atoms with van der Waals surface area (Å²) in [6.07, 6.45) is 20.1. The van der Waals surface area contributed by atoms with Crippen LogP contribution in [0.15, 0.2) is 24.8 Å². The highest BCUT2D eigenvalue weighted by Crippen LogP contribution is 2.15. The molecule has 4 heteroatoms. The average Bonchev–Trinajstić information content (AvgIpc) is 2.64. The molecule has 0 aromatic carbocycles. The van der Waals surface area contributed by atoms with Crippen molar-refractivity contribution in [3.05, 3.63) is 24.8 Å². The van der Waals surface area contributed by atoms with Gasteiger partial charge in [-0.2, -0.15) is 0 Å². The van der Waals surface area contributed by atoms with Gasteiger partial charge in [0.25, 0.3) is 0 Å². The largest absolute Gasteiger partial charge is 0.478 e. The molecule has 2 N–H and O–H groups in total. The lowest BCUT2D eigenvalue weighted by molar-refractivity contribution is -0.133. The molecule has 0 fully saturated rings. The highest BCUT2D eigenvalue weighted by atomic mass is 16.4. The summed E-state index contributed by atoms with van der Waals surface area (Å²) in [6.45, 7) is 11.1. The predicted octanol–water partition coefficient (Wildman–Crippen LogP) is 7.39. The van der Waals surface area contributed by atoms with Crippen LogP contribution < -0.4 is 0 Å². The predicted molar refractivity (Wildman–Crippen MR) is 119 cm³/mol. The summed E-state index contributed by atoms with van der Waals surface area (Å²) < 4.78 is 0. The molecule has 0 amide bonds. The van der Waals surface area contributed by atoms with Crippen molar-refractivity contribution < 1.29 is 19.8 Å². The van der Waals surface area contributed by atoms with E-state index in [0.717, 1.165) is 24.8 Å². The molecule has 0 saturated carbocycles. The van der Waals surface area contributed by atoms with Crippen LogP contribution in [0.3, 0.4) is 0 Å². The van der Waals surface area contributed by atoms with Gasteiger partial charge in [0, 0.05) is 11.6 Å². The molecule has 0 saturated heterocycles. The van der Waals surface area contributed by atoms with E-state index in [1.165, 1.54) is 77.0 Å². The Balaban J connectivity index is 0. The van der Waals surface area contributed by atoms with Crippen LogP contribution in [-0.4, -0.2) is 22.2 Å². The number of hydrogen-bond donors (Lipinski definition) is 2. The summed E-state index contributed by atoms with van der Waals surface area (Å²) in [4.78, 5) is 19.8. The molecule has 0 aliphatic rings. The molecule has 0 aromatic heterocycles. The van der Waals surface area contributed by atoms with E-state index in [0.29, 0.717) is 12.0 Å². The molecule has 0 rings (SSSR count). The molecular weight excluding hydrogens is 352 g/mol. The highest BCUT2D eigenvalue weighted by Gasteiger charge is 2.02. The van der Waals surface area contributed by atoms with Crippen molar-refractivity contribution in [3.8, 4) is 0 Å². The second-order valence-corrected chi connectivity index (χ2v) is 7.98. The summed E-state index contributed by atoms with van der Waals surface area (Å²) in [6, 6.07) is 0. The van der Waals surface area contributed by atoms with E-state index < -0.39 is 11.9 Å². The Morgan fingerprint density at radius 1 is 0.750 bits per heavy atom. The van der Waals surface area contributed by atoms with E-state index in [1.807, 2.05) is 0 Å². The van der Waals surface area contributed by atoms with Crippen LogP contribution in [0.25, 0.3) is 0 Å². The van der Waals surface area contributed by atoms with E-state index in [9.17, 15) is 9.59 Å². The second kappa shape index (κ2) is 21.7. The zero-order valence-corrected chi connectivity index (χ0v) is 18.4. The number of carbonyl (C=O) groups is 2. The van der Waals surface area contributed by atoms with Gasteiger partial charge < -0.3 is 10.2 Å². The molecule has 0 atom stereocenters. The van der Waals surface area contributed by atoms with Crippen LogP contribution in [0.2, 0.25) is 0 Å². The van der Waals surface area contributed by atoms with Gasteiger partial charge >= 0.3 is 11.9 Å². The summed E-state index contributed by atoms with van der Waals surface area (Å²) in [5, 5.41) is 16.3. The Bertz CT molecular complexity index is 413. The number of unbranched alkanes of at least 4 members (excludes halogenated alkanes) is 12. The number of carboxylic acids is 2. The van der Waals surface area contributed by atoms with E-state index in [2.05, 4.69) is 27.0 Å². The Morgan fingerprint density at radius 3 is 1.36 bits per heavy atom. The van der Waals surface area contributed by atoms with Crippen molar-refractivity contribution >= 4 is 11.9 Å². The molecule has 28 heavy (non-hydrogen) atoms. The smallest absolute Gasteiger partial charge is 0.330 e. The lowest BCUT2D eigenvalue weighted by Gasteiger charge is -2.05. The average molecular weight is 397 g/mol. The Morgan fingerprint density at radius 2 is 1.07 bits per heavy atom. The topological polar surface area (TPSA) is 74.6 Å². The summed E-state index contributed by atoms with van der Waals surface area (Å²) in [7, 11) is 0. The summed E-state index contributed by atoms with van der Waals surface area (Å²) in [5.41, 5.74) is 0.356. The molecule has 0 aromatic rings. The van der Waals surface area contributed by atoms with Crippen molar-refractivity contribution in [2.24, 2.45) is 5.92 Å². The van der Waals surface area contributed by atoms with Crippen LogP contribution in [-0.2, 0) is 9.59 Å². The van der Waals surface area contributed by atoms with Gasteiger partial charge in [0.2, 0.25) is 0 Å². The summed E-state index contributed by atoms with van der Waals surface area (Å²) >= 11 is 0. The molecule has 0 spiro atoms. The fourth-order valence-corrected chi connectivity index (χ4v) is 2.94. The molecule has 4 nitrogen and oxygen atoms in total. The van der Waals surface area contributed by atoms with Gasteiger partial charge in [-0.15, -0.1) is 0 Å². The van der Waals surface area contributed by atoms with Gasteiger partial charge in [-0.3, -0.25) is 0 Å². The standard InChI is InChI=1S/C21H40O2.C3H4O2/c1-19(2)17-15-13-11-9-7-5-4-6-8-10-12-14-16-18-20(3)21(22)23;1-2-3(4)5/h19H,3-18H2,1-2H3,(H,22,23);2H,1H2,(H,4,5). The monoisotopic (exact) mass is 396 g/mol. The van der Waals surface area contributed by atoms with Gasteiger partial charge in [0.1, 0.15) is 0 Å². The van der Waals surface area contributed by atoms with Gasteiger partial charge in [-0.05, 0) is 18.8 Å². The minimum Gasteiger partial charge on any atom is -0.478 e. The third kappa shape index (κ3) is 26.6. The number of rotatable bonds is 18. The molecule has 0 aliphatic carbocycles. The number of hydrogen-bond acceptors (Lipinski definition) is 2. The van der Waals surface area contributed by atoms with E-state index >= 15 is 0 Å². The summed E-state index contributed by atoms with van der Waals surface area (Å²) in [5.74, 6) is -0.957. The highest BCUT2D eigenvalue weighted by molar-refractivity contribution is 5.85. The first-order chi connectivity index (χ1) is 13.3. The van der Waals surface area contributed by atoms with E-state index in [1.54, 1.807) is 0 Å². The maximum Gasteiger partial charge on any atom is 0.330 e. The minimum absolute atomic E-state index is 0.356. The Hall–Kier alpha value is -1.58. The van der Waals surface area contributed by atoms with Crippen molar-refractivity contribution in [1.29, 1.82) is 0 Å². The maximum absolute atomic E-state index is 10.6. The van der Waals surface area contributed by atoms with Gasteiger partial charge in [0.15, 0.2) is 0 Å². The van der Waals surface area contributed by atoms with E-state index in [4.69, 9.17) is 10.2 Å². The molecule has 0 aliphatic heterocycles. The van der Waals surface area contributed by atoms with Crippen LogP contribution in [0.5, 0.6) is 0 Å². The van der Waals surface area contributed by atoms with Crippen molar-refractivity contribution in [2.45, 2.75) is 110 Å². The molecule has 0 radical (unpaired) electrons. The first-order valence-corrected chi connectivity index (χ1v) is 11.1. The Kier molecular flexibility index (Phi) is 22.2. The second-order valence-electron chi connectivity index (χ2n) is 7.98. The van der Waals surface area contributed by atoms with Crippen LogP contribution in [0.4, 0.5) is 0 Å². The third-order valence-electron chi connectivity index (χ3n) is 4.74. The van der Waals surface area contributed by atoms with Crippen molar-refractivity contribution in [2.75, 3.05) is 0 Å². The lowest BCUT2D eigenvalue weighted by atomic mass is 10.0. The first kappa shape index (κ1) is 28.6. The van der Waals surface area contributed by atoms with Crippen LogP contribution >= 0.6 is 0 Å². The number of aliphatic carboxylic acids is 2. The van der Waals surface area contributed by atoms with Crippen molar-refractivity contribution in [1.82, 2.24) is 0 Å². The van der Waals surface area contributed by atoms with E-state index in [-0.39, 0.29) is 0 Å². The van der Waals surface area contributed by atoms with Gasteiger partial charge in [-0.25, -0.2) is 9.59 Å². The third-order valence-corrected chi connectivity index (χ3v) is 4.74. The fraction of sp³-hybridized carbons (Fsp3) is 0.750. The molecule has 164 valence electrons. The van der Waals surface area contributed by atoms with Crippen LogP contribution in [0, 0.1) is 5.92 Å². The van der Waals surface area contributed by atoms with Crippen LogP contribution in [0.1, 0.15) is 110 Å². The quantitative estimate of drug-likeness (QED) is 0.187. The fourth-order valence-electron chi connectivity index (χ4n) is 2.94. The molecule has 0 unspecified atom stereocenters. The molecule has 0 heterocycles. The molecule has 0 bridgehead atoms. The number of carboxylic acid groups (broad SMARTS) is 2. The first-order valence-electron chi connectivity index (χ1n) is 11.1. The SMILES string of the molecule is C=C(CCCCCCCCCCCCCCCC(C)C)C(=O)O.C=CC(=O)O. The lowest BCUT2D eigenvalue weighted by Crippen LogP contribution is -1.98. The Labute approximate surface area is 173 Å². The normalized spacial score (nSPS) is 10.2. The van der Waals surface area contributed by atoms with Gasteiger partial charge in [-0.1, -0.05) is 110 Å². The maximum atomic E-state index is 10.6. The van der Waals surface area contributed by atoms with Crippen molar-refractivity contribution in [3.63, 3.8) is 0 Å². The zero-order chi connectivity index (χ0) is 21.6. The van der Waals surface area contributed by atoms with Gasteiger partial charge in [0.05, 0.1) is 0 Å². The molecular formula is C24H44O4.